The van der Waals surface area contributed by atoms with E-state index in [9.17, 15) is 8.42 Å². The van der Waals surface area contributed by atoms with Gasteiger partial charge in [0.25, 0.3) is 0 Å². The normalized spacial score (nSPS) is 17.5. The minimum Gasteiger partial charge on any atom is -0.496 e. The molecule has 1 heterocycles. The molecule has 1 unspecified atom stereocenters. The minimum atomic E-state index is -3.51. The molecule has 0 radical (unpaired) electrons. The topological polar surface area (TPSA) is 58.6 Å². The van der Waals surface area contributed by atoms with Crippen LogP contribution in [0.3, 0.4) is 0 Å². The first-order valence-electron chi connectivity index (χ1n) is 8.85. The van der Waals surface area contributed by atoms with Gasteiger partial charge in [-0.15, -0.1) is 0 Å². The Bertz CT molecular complexity index is 880. The van der Waals surface area contributed by atoms with E-state index in [1.54, 1.807) is 25.3 Å². The van der Waals surface area contributed by atoms with Crippen molar-refractivity contribution in [3.05, 3.63) is 53.6 Å². The van der Waals surface area contributed by atoms with Crippen LogP contribution in [-0.4, -0.2) is 35.2 Å². The Morgan fingerprint density at radius 2 is 2.00 bits per heavy atom. The van der Waals surface area contributed by atoms with Gasteiger partial charge in [-0.2, -0.15) is 0 Å². The van der Waals surface area contributed by atoms with Crippen LogP contribution in [0.1, 0.15) is 17.5 Å². The number of sulfonamides is 1. The van der Waals surface area contributed by atoms with Crippen molar-refractivity contribution < 1.29 is 13.2 Å². The third-order valence-corrected chi connectivity index (χ3v) is 6.31. The minimum absolute atomic E-state index is 0.282. The van der Waals surface area contributed by atoms with Crippen LogP contribution < -0.4 is 14.4 Å². The zero-order valence-electron chi connectivity index (χ0n) is 15.5. The average molecular weight is 375 g/mol. The highest BCUT2D eigenvalue weighted by Crippen LogP contribution is 2.25. The number of methoxy groups -OCH3 is 1. The zero-order valence-corrected chi connectivity index (χ0v) is 16.3. The number of nitrogens with zero attached hydrogens (tertiary/aromatic N) is 1. The number of ether oxygens (including phenoxy) is 1. The van der Waals surface area contributed by atoms with Gasteiger partial charge < -0.3 is 9.64 Å². The highest BCUT2D eigenvalue weighted by atomic mass is 32.2. The molecule has 26 heavy (non-hydrogen) atoms. The Balaban J connectivity index is 1.61. The van der Waals surface area contributed by atoms with Gasteiger partial charge in [0.2, 0.25) is 10.0 Å². The average Bonchev–Trinajstić information content (AvgIpc) is 3.09. The van der Waals surface area contributed by atoms with Gasteiger partial charge in [0.05, 0.1) is 12.0 Å². The number of aryl methyl sites for hydroxylation is 2. The lowest BCUT2D eigenvalue weighted by molar-refractivity contribution is 0.411. The highest BCUT2D eigenvalue weighted by molar-refractivity contribution is 7.89. The summed E-state index contributed by atoms with van der Waals surface area (Å²) in [6.45, 7) is 6.21. The predicted octanol–water partition coefficient (Wildman–Crippen LogP) is 3.12. The number of hydrogen-bond acceptors (Lipinski definition) is 4. The molecule has 5 nitrogen and oxygen atoms in total. The summed E-state index contributed by atoms with van der Waals surface area (Å²) in [5.41, 5.74) is 3.25. The molecule has 0 aliphatic carbocycles. The number of hydrogen-bond donors (Lipinski definition) is 1. The Morgan fingerprint density at radius 3 is 2.69 bits per heavy atom. The van der Waals surface area contributed by atoms with Gasteiger partial charge in [-0.3, -0.25) is 0 Å². The van der Waals surface area contributed by atoms with Gasteiger partial charge in [0, 0.05) is 25.3 Å². The molecule has 2 aromatic carbocycles. The quantitative estimate of drug-likeness (QED) is 0.844. The van der Waals surface area contributed by atoms with Crippen molar-refractivity contribution in [2.75, 3.05) is 31.6 Å². The summed E-state index contributed by atoms with van der Waals surface area (Å²) in [6, 6.07) is 13.4. The van der Waals surface area contributed by atoms with E-state index in [1.165, 1.54) is 11.3 Å². The molecule has 2 aromatic rings. The van der Waals surface area contributed by atoms with Crippen LogP contribution in [0, 0.1) is 19.8 Å². The van der Waals surface area contributed by atoms with Crippen molar-refractivity contribution in [3.8, 4) is 5.75 Å². The molecule has 1 aliphatic heterocycles. The Labute approximate surface area is 156 Å². The molecule has 0 aromatic heterocycles. The predicted molar refractivity (Wildman–Crippen MR) is 104 cm³/mol. The monoisotopic (exact) mass is 374 g/mol. The summed E-state index contributed by atoms with van der Waals surface area (Å²) in [5.74, 6) is 0.998. The van der Waals surface area contributed by atoms with Crippen LogP contribution >= 0.6 is 0 Å². The number of rotatable bonds is 6. The summed E-state index contributed by atoms with van der Waals surface area (Å²) in [7, 11) is -1.93. The van der Waals surface area contributed by atoms with E-state index in [0.29, 0.717) is 18.2 Å². The number of nitrogens with one attached hydrogen (secondary N) is 1. The van der Waals surface area contributed by atoms with Gasteiger partial charge in [0.15, 0.2) is 0 Å². The maximum absolute atomic E-state index is 12.6. The van der Waals surface area contributed by atoms with E-state index in [1.807, 2.05) is 6.92 Å². The number of anilines is 1. The molecule has 140 valence electrons. The first-order chi connectivity index (χ1) is 12.4. The number of benzene rings is 2. The third-order valence-electron chi connectivity index (χ3n) is 4.89. The SMILES string of the molecule is COc1ccc(S(=O)(=O)NCC2CCN(c3cccc(C)c3)C2)cc1C. The zero-order chi connectivity index (χ0) is 18.7. The molecule has 1 saturated heterocycles. The summed E-state index contributed by atoms with van der Waals surface area (Å²) in [5, 5.41) is 0. The first kappa shape index (κ1) is 18.7. The summed E-state index contributed by atoms with van der Waals surface area (Å²) in [6.07, 6.45) is 0.984. The van der Waals surface area contributed by atoms with Crippen molar-refractivity contribution in [1.29, 1.82) is 0 Å². The molecule has 0 saturated carbocycles. The molecule has 0 spiro atoms. The van der Waals surface area contributed by atoms with Crippen LogP contribution in [0.4, 0.5) is 5.69 Å². The Morgan fingerprint density at radius 1 is 1.19 bits per heavy atom. The van der Waals surface area contributed by atoms with Gasteiger partial charge in [-0.05, 0) is 67.6 Å². The van der Waals surface area contributed by atoms with Crippen molar-refractivity contribution in [1.82, 2.24) is 4.72 Å². The maximum atomic E-state index is 12.6. The highest BCUT2D eigenvalue weighted by Gasteiger charge is 2.25. The van der Waals surface area contributed by atoms with Crippen molar-refractivity contribution >= 4 is 15.7 Å². The third kappa shape index (κ3) is 4.19. The molecule has 1 N–H and O–H groups in total. The van der Waals surface area contributed by atoms with Crippen molar-refractivity contribution in [2.45, 2.75) is 25.2 Å². The van der Waals surface area contributed by atoms with Gasteiger partial charge in [0.1, 0.15) is 5.75 Å². The second kappa shape index (κ2) is 7.68. The molecule has 3 rings (SSSR count). The Hall–Kier alpha value is -2.05. The molecule has 1 aliphatic rings. The van der Waals surface area contributed by atoms with Crippen molar-refractivity contribution in [2.24, 2.45) is 5.92 Å². The first-order valence-corrected chi connectivity index (χ1v) is 10.3. The molecular weight excluding hydrogens is 348 g/mol. The van der Waals surface area contributed by atoms with Gasteiger partial charge in [-0.1, -0.05) is 12.1 Å². The van der Waals surface area contributed by atoms with Gasteiger partial charge in [-0.25, -0.2) is 13.1 Å². The fraction of sp³-hybridized carbons (Fsp3) is 0.400. The van der Waals surface area contributed by atoms with Crippen LogP contribution in [0.15, 0.2) is 47.4 Å². The molecular formula is C20H26N2O3S. The van der Waals surface area contributed by atoms with Crippen molar-refractivity contribution in [3.63, 3.8) is 0 Å². The van der Waals surface area contributed by atoms with Crippen LogP contribution in [0.5, 0.6) is 5.75 Å². The summed E-state index contributed by atoms with van der Waals surface area (Å²) < 4.78 is 33.1. The van der Waals surface area contributed by atoms with E-state index in [4.69, 9.17) is 4.74 Å². The molecule has 1 fully saturated rings. The van der Waals surface area contributed by atoms with Gasteiger partial charge >= 0.3 is 0 Å². The summed E-state index contributed by atoms with van der Waals surface area (Å²) >= 11 is 0. The lowest BCUT2D eigenvalue weighted by Gasteiger charge is -2.19. The molecule has 6 heteroatoms. The Kier molecular flexibility index (Phi) is 5.53. The largest absolute Gasteiger partial charge is 0.496 e. The second-order valence-corrected chi connectivity index (χ2v) is 8.69. The maximum Gasteiger partial charge on any atom is 0.240 e. The molecule has 1 atom stereocenters. The smallest absolute Gasteiger partial charge is 0.240 e. The van der Waals surface area contributed by atoms with Crippen LogP contribution in [0.25, 0.3) is 0 Å². The standard InChI is InChI=1S/C20H26N2O3S/c1-15-5-4-6-18(11-15)22-10-9-17(14-22)13-21-26(23,24)19-7-8-20(25-3)16(2)12-19/h4-8,11-12,17,21H,9-10,13-14H2,1-3H3. The molecule has 0 amide bonds. The van der Waals surface area contributed by atoms with E-state index in [0.717, 1.165) is 25.1 Å². The molecule has 0 bridgehead atoms. The lowest BCUT2D eigenvalue weighted by atomic mass is 10.1. The van der Waals surface area contributed by atoms with E-state index < -0.39 is 10.0 Å². The van der Waals surface area contributed by atoms with Crippen LogP contribution in [-0.2, 0) is 10.0 Å². The van der Waals surface area contributed by atoms with E-state index >= 15 is 0 Å². The second-order valence-electron chi connectivity index (χ2n) is 6.92. The fourth-order valence-electron chi connectivity index (χ4n) is 3.39. The van der Waals surface area contributed by atoms with E-state index in [2.05, 4.69) is 40.8 Å². The van der Waals surface area contributed by atoms with Crippen LogP contribution in [0.2, 0.25) is 0 Å². The lowest BCUT2D eigenvalue weighted by Crippen LogP contribution is -2.31. The van der Waals surface area contributed by atoms with E-state index in [-0.39, 0.29) is 4.90 Å². The fourth-order valence-corrected chi connectivity index (χ4v) is 4.59. The summed E-state index contributed by atoms with van der Waals surface area (Å²) in [4.78, 5) is 2.60.